The van der Waals surface area contributed by atoms with Crippen molar-refractivity contribution >= 4 is 11.7 Å². The number of carbonyl (C=O) groups is 1. The molecule has 1 heterocycles. The van der Waals surface area contributed by atoms with Crippen LogP contribution in [0.15, 0.2) is 24.3 Å². The van der Waals surface area contributed by atoms with Crippen molar-refractivity contribution in [2.45, 2.75) is 19.4 Å². The van der Waals surface area contributed by atoms with Gasteiger partial charge in [-0.25, -0.2) is 0 Å². The van der Waals surface area contributed by atoms with E-state index in [2.05, 4.69) is 5.32 Å². The Kier molecular flexibility index (Phi) is 3.98. The molecular weight excluding hydrogens is 218 g/mol. The van der Waals surface area contributed by atoms with Gasteiger partial charge in [-0.15, -0.1) is 0 Å². The fourth-order valence-electron chi connectivity index (χ4n) is 1.60. The third kappa shape index (κ3) is 3.46. The van der Waals surface area contributed by atoms with Crippen LogP contribution < -0.4 is 5.32 Å². The highest BCUT2D eigenvalue weighted by Gasteiger charge is 2.22. The largest absolute Gasteiger partial charge is 0.457 e. The van der Waals surface area contributed by atoms with Gasteiger partial charge in [0.1, 0.15) is 6.10 Å². The molecule has 1 aromatic rings. The van der Waals surface area contributed by atoms with Gasteiger partial charge in [0.05, 0.1) is 19.6 Å². The first-order valence-corrected chi connectivity index (χ1v) is 5.82. The first-order valence-electron chi connectivity index (χ1n) is 5.82. The van der Waals surface area contributed by atoms with Crippen molar-refractivity contribution in [2.75, 3.05) is 25.1 Å². The van der Waals surface area contributed by atoms with E-state index in [1.54, 1.807) is 0 Å². The number of ether oxygens (including phenoxy) is 2. The molecule has 1 aliphatic rings. The molecule has 92 valence electrons. The van der Waals surface area contributed by atoms with Gasteiger partial charge in [0.15, 0.2) is 0 Å². The second-order valence-electron chi connectivity index (χ2n) is 4.14. The summed E-state index contributed by atoms with van der Waals surface area (Å²) in [7, 11) is 0. The highest BCUT2D eigenvalue weighted by molar-refractivity contribution is 5.70. The molecule has 0 spiro atoms. The van der Waals surface area contributed by atoms with Crippen LogP contribution in [0.2, 0.25) is 0 Å². The molecular formula is C13H17NO3. The molecule has 1 fully saturated rings. The second kappa shape index (κ2) is 5.68. The number of carbonyl (C=O) groups excluding carboxylic acids is 1. The Morgan fingerprint density at radius 3 is 2.88 bits per heavy atom. The van der Waals surface area contributed by atoms with Crippen molar-refractivity contribution in [3.8, 4) is 0 Å². The zero-order valence-electron chi connectivity index (χ0n) is 9.94. The highest BCUT2D eigenvalue weighted by atomic mass is 16.6. The van der Waals surface area contributed by atoms with Crippen LogP contribution in [-0.4, -0.2) is 31.8 Å². The lowest BCUT2D eigenvalue weighted by Crippen LogP contribution is -2.38. The van der Waals surface area contributed by atoms with Crippen LogP contribution in [0.25, 0.3) is 0 Å². The predicted octanol–water partition coefficient (Wildman–Crippen LogP) is 1.74. The van der Waals surface area contributed by atoms with Crippen LogP contribution >= 0.6 is 0 Å². The van der Waals surface area contributed by atoms with E-state index in [4.69, 9.17) is 9.47 Å². The Morgan fingerprint density at radius 2 is 2.24 bits per heavy atom. The van der Waals surface area contributed by atoms with Gasteiger partial charge >= 0.3 is 5.97 Å². The van der Waals surface area contributed by atoms with Crippen LogP contribution in [0, 0.1) is 6.92 Å². The molecule has 1 aliphatic heterocycles. The van der Waals surface area contributed by atoms with Gasteiger partial charge in [-0.3, -0.25) is 4.79 Å². The minimum Gasteiger partial charge on any atom is -0.457 e. The molecule has 0 aliphatic carbocycles. The summed E-state index contributed by atoms with van der Waals surface area (Å²) in [5, 5.41) is 3.22. The summed E-state index contributed by atoms with van der Waals surface area (Å²) in [6.45, 7) is 3.71. The monoisotopic (exact) mass is 235 g/mol. The maximum absolute atomic E-state index is 11.4. The average molecular weight is 235 g/mol. The standard InChI is InChI=1S/C13H17NO3/c1-10-4-2-3-5-12(10)14-7-6-13(15)17-11-8-16-9-11/h2-5,11,14H,6-9H2,1H3. The van der Waals surface area contributed by atoms with Crippen molar-refractivity contribution < 1.29 is 14.3 Å². The van der Waals surface area contributed by atoms with E-state index in [-0.39, 0.29) is 12.1 Å². The third-order valence-electron chi connectivity index (χ3n) is 2.70. The number of rotatable bonds is 5. The number of hydrogen-bond donors (Lipinski definition) is 1. The molecule has 0 radical (unpaired) electrons. The number of nitrogens with one attached hydrogen (secondary N) is 1. The Balaban J connectivity index is 1.68. The predicted molar refractivity (Wildman–Crippen MR) is 65.0 cm³/mol. The van der Waals surface area contributed by atoms with Crippen LogP contribution in [0.5, 0.6) is 0 Å². The second-order valence-corrected chi connectivity index (χ2v) is 4.14. The summed E-state index contributed by atoms with van der Waals surface area (Å²) in [6, 6.07) is 8.00. The SMILES string of the molecule is Cc1ccccc1NCCC(=O)OC1COC1. The zero-order valence-corrected chi connectivity index (χ0v) is 9.94. The van der Waals surface area contributed by atoms with E-state index in [9.17, 15) is 4.79 Å². The quantitative estimate of drug-likeness (QED) is 0.790. The average Bonchev–Trinajstić information content (AvgIpc) is 2.26. The van der Waals surface area contributed by atoms with Gasteiger partial charge in [-0.05, 0) is 18.6 Å². The van der Waals surface area contributed by atoms with E-state index in [0.717, 1.165) is 5.69 Å². The maximum atomic E-state index is 11.4. The highest BCUT2D eigenvalue weighted by Crippen LogP contribution is 2.13. The molecule has 4 heteroatoms. The minimum absolute atomic E-state index is 0.0269. The molecule has 1 aromatic carbocycles. The van der Waals surface area contributed by atoms with Gasteiger partial charge < -0.3 is 14.8 Å². The van der Waals surface area contributed by atoms with E-state index < -0.39 is 0 Å². The Morgan fingerprint density at radius 1 is 1.47 bits per heavy atom. The number of para-hydroxylation sites is 1. The van der Waals surface area contributed by atoms with Crippen LogP contribution in [0.1, 0.15) is 12.0 Å². The summed E-state index contributed by atoms with van der Waals surface area (Å²) in [5.41, 5.74) is 2.24. The van der Waals surface area contributed by atoms with Gasteiger partial charge in [-0.1, -0.05) is 18.2 Å². The van der Waals surface area contributed by atoms with E-state index in [0.29, 0.717) is 26.2 Å². The Labute approximate surface area is 101 Å². The lowest BCUT2D eigenvalue weighted by atomic mass is 10.2. The Bertz CT molecular complexity index is 388. The van der Waals surface area contributed by atoms with Crippen LogP contribution in [0.3, 0.4) is 0 Å². The van der Waals surface area contributed by atoms with E-state index in [1.807, 2.05) is 31.2 Å². The molecule has 2 rings (SSSR count). The number of esters is 1. The molecule has 0 saturated carbocycles. The summed E-state index contributed by atoms with van der Waals surface area (Å²) in [6.07, 6.45) is 0.353. The van der Waals surface area contributed by atoms with Gasteiger partial charge in [-0.2, -0.15) is 0 Å². The normalized spacial score (nSPS) is 15.1. The minimum atomic E-state index is -0.167. The number of hydrogen-bond acceptors (Lipinski definition) is 4. The first kappa shape index (κ1) is 11.9. The fraction of sp³-hybridized carbons (Fsp3) is 0.462. The molecule has 17 heavy (non-hydrogen) atoms. The molecule has 1 saturated heterocycles. The molecule has 1 N–H and O–H groups in total. The molecule has 0 amide bonds. The topological polar surface area (TPSA) is 47.6 Å². The molecule has 4 nitrogen and oxygen atoms in total. The molecule has 0 bridgehead atoms. The van der Waals surface area contributed by atoms with Crippen molar-refractivity contribution in [1.29, 1.82) is 0 Å². The van der Waals surface area contributed by atoms with Gasteiger partial charge in [0.25, 0.3) is 0 Å². The summed E-state index contributed by atoms with van der Waals surface area (Å²) < 4.78 is 10.1. The number of aryl methyl sites for hydroxylation is 1. The third-order valence-corrected chi connectivity index (χ3v) is 2.70. The number of anilines is 1. The fourth-order valence-corrected chi connectivity index (χ4v) is 1.60. The molecule has 0 aromatic heterocycles. The van der Waals surface area contributed by atoms with Crippen LogP contribution in [-0.2, 0) is 14.3 Å². The lowest BCUT2D eigenvalue weighted by molar-refractivity contribution is -0.171. The zero-order chi connectivity index (χ0) is 12.1. The van der Waals surface area contributed by atoms with E-state index >= 15 is 0 Å². The van der Waals surface area contributed by atoms with Crippen molar-refractivity contribution in [2.24, 2.45) is 0 Å². The van der Waals surface area contributed by atoms with E-state index in [1.165, 1.54) is 5.56 Å². The van der Waals surface area contributed by atoms with Crippen molar-refractivity contribution in [3.63, 3.8) is 0 Å². The van der Waals surface area contributed by atoms with Gasteiger partial charge in [0, 0.05) is 12.2 Å². The molecule has 0 atom stereocenters. The Hall–Kier alpha value is -1.55. The van der Waals surface area contributed by atoms with Gasteiger partial charge in [0.2, 0.25) is 0 Å². The smallest absolute Gasteiger partial charge is 0.308 e. The summed E-state index contributed by atoms with van der Waals surface area (Å²) in [5.74, 6) is -0.167. The first-order chi connectivity index (χ1) is 8.25. The maximum Gasteiger partial charge on any atom is 0.308 e. The summed E-state index contributed by atoms with van der Waals surface area (Å²) in [4.78, 5) is 11.4. The molecule has 0 unspecified atom stereocenters. The van der Waals surface area contributed by atoms with Crippen LogP contribution in [0.4, 0.5) is 5.69 Å². The lowest BCUT2D eigenvalue weighted by Gasteiger charge is -2.25. The van der Waals surface area contributed by atoms with Crippen molar-refractivity contribution in [1.82, 2.24) is 0 Å². The number of benzene rings is 1. The summed E-state index contributed by atoms with van der Waals surface area (Å²) >= 11 is 0. The van der Waals surface area contributed by atoms with Crippen molar-refractivity contribution in [3.05, 3.63) is 29.8 Å².